The zero-order valence-corrected chi connectivity index (χ0v) is 12.4. The smallest absolute Gasteiger partial charge is 0.277 e. The van der Waals surface area contributed by atoms with Gasteiger partial charge < -0.3 is 4.74 Å². The molecule has 2 aromatic carbocycles. The average Bonchev–Trinajstić information content (AvgIpc) is 2.51. The van der Waals surface area contributed by atoms with E-state index in [4.69, 9.17) is 4.74 Å². The summed E-state index contributed by atoms with van der Waals surface area (Å²) in [5.74, 6) is 0.428. The zero-order chi connectivity index (χ0) is 15.1. The van der Waals surface area contributed by atoms with E-state index in [-0.39, 0.29) is 12.5 Å². The first-order valence-electron chi connectivity index (χ1n) is 7.12. The maximum Gasteiger partial charge on any atom is 0.277 e. The Morgan fingerprint density at radius 1 is 1.19 bits per heavy atom. The monoisotopic (exact) mass is 284 g/mol. The number of hydrazone groups is 1. The molecule has 110 valence electrons. The lowest BCUT2D eigenvalue weighted by molar-refractivity contribution is -0.123. The summed E-state index contributed by atoms with van der Waals surface area (Å²) in [7, 11) is 0. The number of rotatable bonds is 6. The van der Waals surface area contributed by atoms with Gasteiger partial charge in [-0.1, -0.05) is 43.7 Å². The Balaban J connectivity index is 1.89. The van der Waals surface area contributed by atoms with Crippen molar-refractivity contribution in [2.45, 2.75) is 26.7 Å². The SMILES string of the molecule is CCCC(C)=NNC(=O)COc1ccc2ccccc2c1. The normalized spacial score (nSPS) is 11.4. The maximum atomic E-state index is 11.6. The quantitative estimate of drug-likeness (QED) is 0.652. The van der Waals surface area contributed by atoms with E-state index in [2.05, 4.69) is 17.5 Å². The van der Waals surface area contributed by atoms with Crippen LogP contribution in [0.5, 0.6) is 5.75 Å². The summed E-state index contributed by atoms with van der Waals surface area (Å²) >= 11 is 0. The molecular formula is C17H20N2O2. The Hall–Kier alpha value is -2.36. The van der Waals surface area contributed by atoms with Gasteiger partial charge in [0, 0.05) is 5.71 Å². The second kappa shape index (κ2) is 7.43. The first kappa shape index (κ1) is 15.0. The van der Waals surface area contributed by atoms with Crippen molar-refractivity contribution in [2.75, 3.05) is 6.61 Å². The molecule has 0 saturated heterocycles. The van der Waals surface area contributed by atoms with Gasteiger partial charge in [0.2, 0.25) is 0 Å². The third kappa shape index (κ3) is 4.60. The average molecular weight is 284 g/mol. The van der Waals surface area contributed by atoms with Crippen LogP contribution in [0.4, 0.5) is 0 Å². The molecule has 0 fully saturated rings. The van der Waals surface area contributed by atoms with Gasteiger partial charge >= 0.3 is 0 Å². The number of ether oxygens (including phenoxy) is 1. The van der Waals surface area contributed by atoms with Gasteiger partial charge in [0.25, 0.3) is 5.91 Å². The predicted molar refractivity (Wildman–Crippen MR) is 85.6 cm³/mol. The molecule has 0 spiro atoms. The predicted octanol–water partition coefficient (Wildman–Crippen LogP) is 3.51. The summed E-state index contributed by atoms with van der Waals surface area (Å²) in [4.78, 5) is 11.6. The van der Waals surface area contributed by atoms with E-state index < -0.39 is 0 Å². The molecular weight excluding hydrogens is 264 g/mol. The number of amides is 1. The van der Waals surface area contributed by atoms with Crippen molar-refractivity contribution in [3.05, 3.63) is 42.5 Å². The van der Waals surface area contributed by atoms with Gasteiger partial charge in [-0.3, -0.25) is 4.79 Å². The Morgan fingerprint density at radius 3 is 2.71 bits per heavy atom. The van der Waals surface area contributed by atoms with Gasteiger partial charge in [0.05, 0.1) is 0 Å². The Labute approximate surface area is 124 Å². The third-order valence-corrected chi connectivity index (χ3v) is 3.07. The van der Waals surface area contributed by atoms with Crippen LogP contribution in [0, 0.1) is 0 Å². The molecule has 0 aliphatic rings. The number of nitrogens with zero attached hydrogens (tertiary/aromatic N) is 1. The third-order valence-electron chi connectivity index (χ3n) is 3.07. The summed E-state index contributed by atoms with van der Waals surface area (Å²) in [6, 6.07) is 13.8. The molecule has 0 aliphatic heterocycles. The molecule has 1 amide bonds. The minimum Gasteiger partial charge on any atom is -0.484 e. The fourth-order valence-corrected chi connectivity index (χ4v) is 2.01. The molecule has 2 rings (SSSR count). The Kier molecular flexibility index (Phi) is 5.32. The van der Waals surface area contributed by atoms with Crippen molar-refractivity contribution in [3.8, 4) is 5.75 Å². The number of benzene rings is 2. The number of fused-ring (bicyclic) bond motifs is 1. The molecule has 4 nitrogen and oxygen atoms in total. The van der Waals surface area contributed by atoms with E-state index in [1.165, 1.54) is 0 Å². The van der Waals surface area contributed by atoms with Crippen LogP contribution in [0.3, 0.4) is 0 Å². The Morgan fingerprint density at radius 2 is 1.95 bits per heavy atom. The lowest BCUT2D eigenvalue weighted by Gasteiger charge is -2.07. The fraction of sp³-hybridized carbons (Fsp3) is 0.294. The van der Waals surface area contributed by atoms with E-state index in [0.717, 1.165) is 29.3 Å². The maximum absolute atomic E-state index is 11.6. The molecule has 0 unspecified atom stereocenters. The van der Waals surface area contributed by atoms with Gasteiger partial charge in [-0.2, -0.15) is 5.10 Å². The van der Waals surface area contributed by atoms with Crippen LogP contribution in [0.25, 0.3) is 10.8 Å². The highest BCUT2D eigenvalue weighted by molar-refractivity contribution is 5.85. The highest BCUT2D eigenvalue weighted by Gasteiger charge is 2.03. The first-order chi connectivity index (χ1) is 10.2. The minimum atomic E-state index is -0.251. The number of hydrogen-bond donors (Lipinski definition) is 1. The van der Waals surface area contributed by atoms with Crippen LogP contribution < -0.4 is 10.2 Å². The van der Waals surface area contributed by atoms with Crippen molar-refractivity contribution in [1.82, 2.24) is 5.43 Å². The minimum absolute atomic E-state index is 0.0404. The van der Waals surface area contributed by atoms with Crippen LogP contribution in [0.1, 0.15) is 26.7 Å². The van der Waals surface area contributed by atoms with Crippen LogP contribution in [-0.2, 0) is 4.79 Å². The second-order valence-corrected chi connectivity index (χ2v) is 4.93. The molecule has 0 aliphatic carbocycles. The number of hydrogen-bond acceptors (Lipinski definition) is 3. The van der Waals surface area contributed by atoms with Crippen molar-refractivity contribution < 1.29 is 9.53 Å². The fourth-order valence-electron chi connectivity index (χ4n) is 2.01. The van der Waals surface area contributed by atoms with Gasteiger partial charge in [-0.15, -0.1) is 0 Å². The van der Waals surface area contributed by atoms with Crippen molar-refractivity contribution in [2.24, 2.45) is 5.10 Å². The Bertz CT molecular complexity index is 650. The van der Waals surface area contributed by atoms with E-state index in [1.807, 2.05) is 49.4 Å². The molecule has 0 saturated carbocycles. The first-order valence-corrected chi connectivity index (χ1v) is 7.12. The lowest BCUT2D eigenvalue weighted by Crippen LogP contribution is -2.25. The number of carbonyl (C=O) groups excluding carboxylic acids is 1. The molecule has 0 aromatic heterocycles. The van der Waals surface area contributed by atoms with Crippen LogP contribution in [0.2, 0.25) is 0 Å². The molecule has 0 atom stereocenters. The highest BCUT2D eigenvalue weighted by atomic mass is 16.5. The summed E-state index contributed by atoms with van der Waals surface area (Å²) in [6.07, 6.45) is 1.89. The van der Waals surface area contributed by atoms with Crippen molar-refractivity contribution in [1.29, 1.82) is 0 Å². The van der Waals surface area contributed by atoms with E-state index in [0.29, 0.717) is 5.75 Å². The van der Waals surface area contributed by atoms with E-state index in [9.17, 15) is 4.79 Å². The van der Waals surface area contributed by atoms with Gasteiger partial charge in [0.15, 0.2) is 6.61 Å². The highest BCUT2D eigenvalue weighted by Crippen LogP contribution is 2.20. The standard InChI is InChI=1S/C17H20N2O2/c1-3-6-13(2)18-19-17(20)12-21-16-10-9-14-7-4-5-8-15(14)11-16/h4-5,7-11H,3,6,12H2,1-2H3,(H,19,20). The molecule has 0 heterocycles. The van der Waals surface area contributed by atoms with E-state index in [1.54, 1.807) is 0 Å². The molecule has 4 heteroatoms. The molecule has 2 aromatic rings. The van der Waals surface area contributed by atoms with Crippen molar-refractivity contribution >= 4 is 22.4 Å². The van der Waals surface area contributed by atoms with Crippen LogP contribution in [0.15, 0.2) is 47.6 Å². The number of carbonyl (C=O) groups is 1. The second-order valence-electron chi connectivity index (χ2n) is 4.93. The summed E-state index contributed by atoms with van der Waals surface area (Å²) in [5.41, 5.74) is 3.41. The van der Waals surface area contributed by atoms with Gasteiger partial charge in [0.1, 0.15) is 5.75 Å². The van der Waals surface area contributed by atoms with Crippen LogP contribution >= 0.6 is 0 Å². The number of nitrogens with one attached hydrogen (secondary N) is 1. The molecule has 0 radical (unpaired) electrons. The molecule has 21 heavy (non-hydrogen) atoms. The summed E-state index contributed by atoms with van der Waals surface area (Å²) in [5, 5.41) is 6.25. The lowest BCUT2D eigenvalue weighted by atomic mass is 10.1. The zero-order valence-electron chi connectivity index (χ0n) is 12.4. The molecule has 1 N–H and O–H groups in total. The topological polar surface area (TPSA) is 50.7 Å². The van der Waals surface area contributed by atoms with Gasteiger partial charge in [-0.25, -0.2) is 5.43 Å². The largest absolute Gasteiger partial charge is 0.484 e. The molecule has 0 bridgehead atoms. The van der Waals surface area contributed by atoms with E-state index >= 15 is 0 Å². The summed E-state index contributed by atoms with van der Waals surface area (Å²) < 4.78 is 5.49. The van der Waals surface area contributed by atoms with Crippen LogP contribution in [-0.4, -0.2) is 18.2 Å². The summed E-state index contributed by atoms with van der Waals surface area (Å²) in [6.45, 7) is 3.93. The van der Waals surface area contributed by atoms with Crippen molar-refractivity contribution in [3.63, 3.8) is 0 Å². The van der Waals surface area contributed by atoms with Gasteiger partial charge in [-0.05, 0) is 36.2 Å².